The fourth-order valence-corrected chi connectivity index (χ4v) is 0.517. The molecule has 0 radical (unpaired) electrons. The van der Waals surface area contributed by atoms with Gasteiger partial charge in [0, 0.05) is 5.57 Å². The van der Waals surface area contributed by atoms with Crippen molar-refractivity contribution in [3.05, 3.63) is 24.5 Å². The van der Waals surface area contributed by atoms with Gasteiger partial charge in [0.15, 0.2) is 0 Å². The van der Waals surface area contributed by atoms with Crippen LogP contribution in [0, 0.1) is 0 Å². The molecule has 1 unspecified atom stereocenters. The number of aliphatic hydroxyl groups excluding tert-OH is 1. The SMILES string of the molecule is C=C(C)C(=O)OC(=C)C(=O)OCC(C)O. The number of hydrogen-bond donors (Lipinski definition) is 1. The minimum atomic E-state index is -0.884. The fourth-order valence-electron chi connectivity index (χ4n) is 0.517. The minimum Gasteiger partial charge on any atom is -0.457 e. The highest BCUT2D eigenvalue weighted by molar-refractivity contribution is 5.93. The first-order valence-electron chi connectivity index (χ1n) is 4.26. The van der Waals surface area contributed by atoms with Gasteiger partial charge in [-0.15, -0.1) is 0 Å². The van der Waals surface area contributed by atoms with Gasteiger partial charge in [0.2, 0.25) is 5.76 Å². The summed E-state index contributed by atoms with van der Waals surface area (Å²) in [4.78, 5) is 22.0. The van der Waals surface area contributed by atoms with Crippen LogP contribution < -0.4 is 0 Å². The molecule has 0 amide bonds. The molecule has 0 aliphatic carbocycles. The molecule has 1 N–H and O–H groups in total. The Morgan fingerprint density at radius 3 is 2.27 bits per heavy atom. The maximum Gasteiger partial charge on any atom is 0.373 e. The standard InChI is InChI=1S/C10H14O5/c1-6(2)9(12)15-8(4)10(13)14-5-7(3)11/h7,11H,1,4-5H2,2-3H3. The van der Waals surface area contributed by atoms with Gasteiger partial charge < -0.3 is 14.6 Å². The lowest BCUT2D eigenvalue weighted by molar-refractivity contribution is -0.151. The van der Waals surface area contributed by atoms with Crippen LogP contribution in [0.5, 0.6) is 0 Å². The molecule has 0 saturated heterocycles. The van der Waals surface area contributed by atoms with E-state index in [1.54, 1.807) is 0 Å². The van der Waals surface area contributed by atoms with Gasteiger partial charge in [-0.05, 0) is 20.4 Å². The van der Waals surface area contributed by atoms with Gasteiger partial charge in [-0.1, -0.05) is 6.58 Å². The molecule has 0 aromatic rings. The van der Waals surface area contributed by atoms with Crippen molar-refractivity contribution in [2.75, 3.05) is 6.61 Å². The Morgan fingerprint density at radius 2 is 1.87 bits per heavy atom. The maximum atomic E-state index is 11.1. The van der Waals surface area contributed by atoms with Crippen molar-refractivity contribution < 1.29 is 24.2 Å². The molecule has 0 bridgehead atoms. The van der Waals surface area contributed by atoms with Gasteiger partial charge in [0.05, 0.1) is 6.10 Å². The Bertz CT molecular complexity index is 290. The molecule has 0 aliphatic rings. The number of aliphatic hydroxyl groups is 1. The summed E-state index contributed by atoms with van der Waals surface area (Å²) in [7, 11) is 0. The Hall–Kier alpha value is -1.62. The lowest BCUT2D eigenvalue weighted by atomic mass is 10.4. The minimum absolute atomic E-state index is 0.152. The summed E-state index contributed by atoms with van der Waals surface area (Å²) in [5.41, 5.74) is 0.152. The highest BCUT2D eigenvalue weighted by Crippen LogP contribution is 2.02. The van der Waals surface area contributed by atoms with Crippen molar-refractivity contribution >= 4 is 11.9 Å². The zero-order chi connectivity index (χ0) is 12.0. The smallest absolute Gasteiger partial charge is 0.373 e. The van der Waals surface area contributed by atoms with Crippen molar-refractivity contribution in [3.8, 4) is 0 Å². The summed E-state index contributed by atoms with van der Waals surface area (Å²) in [5.74, 6) is -2.05. The molecule has 0 heterocycles. The first-order valence-corrected chi connectivity index (χ1v) is 4.26. The molecule has 0 fully saturated rings. The molecule has 0 saturated carbocycles. The second-order valence-corrected chi connectivity index (χ2v) is 3.04. The summed E-state index contributed by atoms with van der Waals surface area (Å²) in [6, 6.07) is 0. The summed E-state index contributed by atoms with van der Waals surface area (Å²) >= 11 is 0. The molecule has 0 aromatic heterocycles. The third kappa shape index (κ3) is 5.64. The topological polar surface area (TPSA) is 72.8 Å². The zero-order valence-electron chi connectivity index (χ0n) is 8.78. The van der Waals surface area contributed by atoms with E-state index in [0.29, 0.717) is 0 Å². The molecular weight excluding hydrogens is 200 g/mol. The van der Waals surface area contributed by atoms with Crippen LogP contribution in [0.3, 0.4) is 0 Å². The van der Waals surface area contributed by atoms with Crippen LogP contribution >= 0.6 is 0 Å². The molecule has 84 valence electrons. The first-order chi connectivity index (χ1) is 6.84. The Labute approximate surface area is 88.0 Å². The molecule has 0 rings (SSSR count). The number of carbonyl (C=O) groups is 2. The van der Waals surface area contributed by atoms with Gasteiger partial charge in [-0.25, -0.2) is 9.59 Å². The number of hydrogen-bond acceptors (Lipinski definition) is 5. The van der Waals surface area contributed by atoms with Gasteiger partial charge in [0.25, 0.3) is 0 Å². The number of rotatable bonds is 5. The van der Waals surface area contributed by atoms with Crippen LogP contribution in [0.15, 0.2) is 24.5 Å². The molecule has 5 heteroatoms. The molecule has 1 atom stereocenters. The van der Waals surface area contributed by atoms with Crippen LogP contribution in [0.1, 0.15) is 13.8 Å². The second kappa shape index (κ2) is 5.98. The van der Waals surface area contributed by atoms with Crippen LogP contribution in [0.4, 0.5) is 0 Å². The molecule has 0 aliphatic heterocycles. The van der Waals surface area contributed by atoms with Crippen molar-refractivity contribution in [3.63, 3.8) is 0 Å². The van der Waals surface area contributed by atoms with E-state index in [-0.39, 0.29) is 12.2 Å². The van der Waals surface area contributed by atoms with E-state index in [1.807, 2.05) is 0 Å². The lowest BCUT2D eigenvalue weighted by Gasteiger charge is -2.08. The Morgan fingerprint density at radius 1 is 1.33 bits per heavy atom. The largest absolute Gasteiger partial charge is 0.457 e. The average molecular weight is 214 g/mol. The molecule has 0 aromatic carbocycles. The van der Waals surface area contributed by atoms with Crippen molar-refractivity contribution in [2.24, 2.45) is 0 Å². The summed E-state index contributed by atoms with van der Waals surface area (Å²) < 4.78 is 9.07. The van der Waals surface area contributed by atoms with E-state index in [4.69, 9.17) is 5.11 Å². The molecule has 15 heavy (non-hydrogen) atoms. The Balaban J connectivity index is 4.06. The van der Waals surface area contributed by atoms with E-state index in [1.165, 1.54) is 13.8 Å². The predicted molar refractivity (Wildman–Crippen MR) is 52.7 cm³/mol. The van der Waals surface area contributed by atoms with Gasteiger partial charge in [-0.2, -0.15) is 0 Å². The number of carbonyl (C=O) groups excluding carboxylic acids is 2. The van der Waals surface area contributed by atoms with Crippen molar-refractivity contribution in [1.29, 1.82) is 0 Å². The van der Waals surface area contributed by atoms with Crippen LogP contribution in [0.2, 0.25) is 0 Å². The van der Waals surface area contributed by atoms with Crippen LogP contribution in [0.25, 0.3) is 0 Å². The monoisotopic (exact) mass is 214 g/mol. The van der Waals surface area contributed by atoms with Crippen LogP contribution in [-0.2, 0) is 19.1 Å². The van der Waals surface area contributed by atoms with Gasteiger partial charge >= 0.3 is 11.9 Å². The normalized spacial score (nSPS) is 11.4. The van der Waals surface area contributed by atoms with Crippen molar-refractivity contribution in [2.45, 2.75) is 20.0 Å². The quantitative estimate of drug-likeness (QED) is 0.411. The average Bonchev–Trinajstić information content (AvgIpc) is 2.13. The second-order valence-electron chi connectivity index (χ2n) is 3.04. The fraction of sp³-hybridized carbons (Fsp3) is 0.400. The third-order valence-electron chi connectivity index (χ3n) is 1.25. The number of ether oxygens (including phenoxy) is 2. The molecule has 0 spiro atoms. The summed E-state index contributed by atoms with van der Waals surface area (Å²) in [5, 5.41) is 8.82. The number of esters is 2. The first kappa shape index (κ1) is 13.4. The summed E-state index contributed by atoms with van der Waals surface area (Å²) in [6.07, 6.45) is -0.779. The van der Waals surface area contributed by atoms with E-state index in [0.717, 1.165) is 0 Å². The van der Waals surface area contributed by atoms with Gasteiger partial charge in [0.1, 0.15) is 6.61 Å². The zero-order valence-corrected chi connectivity index (χ0v) is 8.78. The molecule has 5 nitrogen and oxygen atoms in total. The molecular formula is C10H14O5. The van der Waals surface area contributed by atoms with E-state index < -0.39 is 23.8 Å². The predicted octanol–water partition coefficient (Wildman–Crippen LogP) is 0.543. The maximum absolute atomic E-state index is 11.1. The van der Waals surface area contributed by atoms with E-state index in [9.17, 15) is 9.59 Å². The van der Waals surface area contributed by atoms with Crippen LogP contribution in [-0.4, -0.2) is 29.8 Å². The highest BCUT2D eigenvalue weighted by Gasteiger charge is 2.15. The van der Waals surface area contributed by atoms with Gasteiger partial charge in [-0.3, -0.25) is 0 Å². The van der Waals surface area contributed by atoms with E-state index >= 15 is 0 Å². The summed E-state index contributed by atoms with van der Waals surface area (Å²) in [6.45, 7) is 9.27. The Kier molecular flexibility index (Phi) is 5.33. The van der Waals surface area contributed by atoms with Crippen molar-refractivity contribution in [1.82, 2.24) is 0 Å². The highest BCUT2D eigenvalue weighted by atomic mass is 16.6. The van der Waals surface area contributed by atoms with E-state index in [2.05, 4.69) is 22.6 Å². The lowest BCUT2D eigenvalue weighted by Crippen LogP contribution is -2.19. The third-order valence-corrected chi connectivity index (χ3v) is 1.25.